The Morgan fingerprint density at radius 3 is 1.54 bits per heavy atom. The summed E-state index contributed by atoms with van der Waals surface area (Å²) >= 11 is 0. The van der Waals surface area contributed by atoms with Gasteiger partial charge < -0.3 is 0 Å². The third-order valence-electron chi connectivity index (χ3n) is 7.11. The zero-order valence-electron chi connectivity index (χ0n) is 18.3. The molecular formula is C25H21F9Si. The van der Waals surface area contributed by atoms with Gasteiger partial charge >= 0.3 is 11.8 Å². The van der Waals surface area contributed by atoms with E-state index in [1.165, 1.54) is 18.7 Å². The van der Waals surface area contributed by atoms with Crippen LogP contribution in [0.5, 0.6) is 0 Å². The van der Waals surface area contributed by atoms with Crippen LogP contribution >= 0.6 is 0 Å². The quantitative estimate of drug-likeness (QED) is 0.246. The summed E-state index contributed by atoms with van der Waals surface area (Å²) in [5.74, 6) is -15.4. The van der Waals surface area contributed by atoms with E-state index in [4.69, 9.17) is 0 Å². The molecule has 0 spiro atoms. The van der Waals surface area contributed by atoms with Crippen molar-refractivity contribution in [2.45, 2.75) is 54.0 Å². The van der Waals surface area contributed by atoms with Gasteiger partial charge in [0.1, 0.15) is 8.07 Å². The Morgan fingerprint density at radius 1 is 0.686 bits per heavy atom. The van der Waals surface area contributed by atoms with Crippen LogP contribution in [0, 0.1) is 0 Å². The highest BCUT2D eigenvalue weighted by Gasteiger charge is 2.73. The Balaban J connectivity index is 1.85. The molecule has 35 heavy (non-hydrogen) atoms. The molecule has 0 bridgehead atoms. The topological polar surface area (TPSA) is 0 Å². The maximum Gasteiger partial charge on any atom is 0.346 e. The van der Waals surface area contributed by atoms with Crippen LogP contribution in [0.1, 0.15) is 33.3 Å². The number of halogens is 9. The van der Waals surface area contributed by atoms with Crippen molar-refractivity contribution in [2.75, 3.05) is 0 Å². The van der Waals surface area contributed by atoms with Gasteiger partial charge in [0.25, 0.3) is 6.43 Å². The van der Waals surface area contributed by atoms with Crippen molar-refractivity contribution in [3.63, 3.8) is 0 Å². The largest absolute Gasteiger partial charge is 0.346 e. The highest BCUT2D eigenvalue weighted by Crippen LogP contribution is 2.55. The second-order valence-electron chi connectivity index (χ2n) is 9.09. The van der Waals surface area contributed by atoms with Gasteiger partial charge in [-0.25, -0.2) is 22.0 Å². The summed E-state index contributed by atoms with van der Waals surface area (Å²) in [5.41, 5.74) is 0.0521. The van der Waals surface area contributed by atoms with Gasteiger partial charge in [-0.2, -0.15) is 17.6 Å². The van der Waals surface area contributed by atoms with Crippen molar-refractivity contribution in [2.24, 2.45) is 0 Å². The molecule has 0 aliphatic heterocycles. The molecule has 2 aromatic rings. The lowest BCUT2D eigenvalue weighted by Crippen LogP contribution is -2.66. The number of alkyl halides is 9. The molecule has 0 nitrogen and oxygen atoms in total. The van der Waals surface area contributed by atoms with Crippen LogP contribution in [0.15, 0.2) is 60.7 Å². The highest BCUT2D eigenvalue weighted by molar-refractivity contribution is 6.84. The molecule has 0 saturated heterocycles. The van der Waals surface area contributed by atoms with E-state index in [1.54, 1.807) is 60.7 Å². The molecular weight excluding hydrogens is 499 g/mol. The summed E-state index contributed by atoms with van der Waals surface area (Å²) in [4.78, 5) is 0. The van der Waals surface area contributed by atoms with Crippen molar-refractivity contribution in [1.82, 2.24) is 0 Å². The average molecular weight is 521 g/mol. The number of fused-ring (bicyclic) bond motifs is 2. The minimum absolute atomic E-state index is 0.453. The van der Waals surface area contributed by atoms with Gasteiger partial charge in [0.15, 0.2) is 12.0 Å². The SMILES string of the molecule is C[Si](C1C=Cc2ccccc21)(C1C=Cc2ccccc21)C(F)C(F)(F)C(F)(F)C(F)C(F)C(F)F. The van der Waals surface area contributed by atoms with E-state index in [0.29, 0.717) is 22.3 Å². The van der Waals surface area contributed by atoms with Gasteiger partial charge in [-0.1, -0.05) is 79.4 Å². The minimum atomic E-state index is -6.01. The molecule has 0 radical (unpaired) electrons. The number of hydrogen-bond donors (Lipinski definition) is 0. The van der Waals surface area contributed by atoms with Crippen LogP contribution in [0.25, 0.3) is 12.2 Å². The molecule has 188 valence electrons. The summed E-state index contributed by atoms with van der Waals surface area (Å²) in [6, 6.07) is 13.0. The van der Waals surface area contributed by atoms with E-state index in [9.17, 15) is 26.3 Å². The highest BCUT2D eigenvalue weighted by atomic mass is 28.3. The molecule has 2 aromatic carbocycles. The predicted molar refractivity (Wildman–Crippen MR) is 119 cm³/mol. The van der Waals surface area contributed by atoms with Crippen LogP contribution in [0.3, 0.4) is 0 Å². The van der Waals surface area contributed by atoms with Gasteiger partial charge in [-0.05, 0) is 22.3 Å². The third kappa shape index (κ3) is 3.84. The average Bonchev–Trinajstić information content (AvgIpc) is 3.47. The maximum atomic E-state index is 16.1. The summed E-state index contributed by atoms with van der Waals surface area (Å²) in [6.07, 6.45) is -6.98. The normalized spacial score (nSPS) is 23.6. The predicted octanol–water partition coefficient (Wildman–Crippen LogP) is 7.85. The Labute approximate surface area is 197 Å². The standard InChI is InChI=1S/C25H21F9Si/c1-35(18-12-10-14-6-2-4-8-16(14)18,19-13-11-15-7-3-5-9-17(15)19)23(30)25(33,34)24(31,32)21(27)20(26)22(28)29/h2-13,18-23H,1H3. The number of allylic oxidation sites excluding steroid dienone is 2. The molecule has 10 heteroatoms. The first-order valence-electron chi connectivity index (χ1n) is 10.8. The first kappa shape index (κ1) is 25.6. The van der Waals surface area contributed by atoms with Gasteiger partial charge in [0, 0.05) is 11.1 Å². The minimum Gasteiger partial charge on any atom is -0.245 e. The van der Waals surface area contributed by atoms with Crippen LogP contribution in [-0.2, 0) is 0 Å². The lowest BCUT2D eigenvalue weighted by molar-refractivity contribution is -0.267. The van der Waals surface area contributed by atoms with E-state index < -0.39 is 55.6 Å². The third-order valence-corrected chi connectivity index (χ3v) is 12.3. The molecule has 4 rings (SSSR count). The lowest BCUT2D eigenvalue weighted by Gasteiger charge is -2.45. The van der Waals surface area contributed by atoms with E-state index in [0.717, 1.165) is 0 Å². The van der Waals surface area contributed by atoms with Crippen LogP contribution in [-0.4, -0.2) is 44.5 Å². The van der Waals surface area contributed by atoms with Crippen molar-refractivity contribution >= 4 is 20.2 Å². The Hall–Kier alpha value is -2.49. The zero-order chi connectivity index (χ0) is 25.8. The van der Waals surface area contributed by atoms with Crippen molar-refractivity contribution in [1.29, 1.82) is 0 Å². The van der Waals surface area contributed by atoms with Crippen LogP contribution < -0.4 is 0 Å². The Kier molecular flexibility index (Phi) is 6.48. The summed E-state index contributed by atoms with van der Waals surface area (Å²) in [7, 11) is -4.39. The van der Waals surface area contributed by atoms with E-state index in [-0.39, 0.29) is 0 Å². The number of hydrogen-bond acceptors (Lipinski definition) is 0. The number of benzene rings is 2. The second kappa shape index (κ2) is 8.87. The Bertz CT molecular complexity index is 1080. The Morgan fingerprint density at radius 2 is 1.11 bits per heavy atom. The first-order chi connectivity index (χ1) is 16.3. The number of rotatable bonds is 8. The van der Waals surface area contributed by atoms with E-state index in [1.807, 2.05) is 0 Å². The fourth-order valence-electron chi connectivity index (χ4n) is 5.16. The molecule has 5 atom stereocenters. The second-order valence-corrected chi connectivity index (χ2v) is 13.6. The monoisotopic (exact) mass is 520 g/mol. The summed E-state index contributed by atoms with van der Waals surface area (Å²) in [6.45, 7) is 1.18. The first-order valence-corrected chi connectivity index (χ1v) is 13.6. The van der Waals surface area contributed by atoms with Gasteiger partial charge in [-0.15, -0.1) is 0 Å². The zero-order valence-corrected chi connectivity index (χ0v) is 19.3. The molecule has 0 heterocycles. The molecule has 0 saturated carbocycles. The molecule has 0 amide bonds. The van der Waals surface area contributed by atoms with Gasteiger partial charge in [0.2, 0.25) is 6.17 Å². The summed E-state index contributed by atoms with van der Waals surface area (Å²) in [5, 5.41) is 0. The molecule has 0 aromatic heterocycles. The van der Waals surface area contributed by atoms with Crippen LogP contribution in [0.2, 0.25) is 6.55 Å². The van der Waals surface area contributed by atoms with Crippen molar-refractivity contribution < 1.29 is 39.5 Å². The van der Waals surface area contributed by atoms with Crippen molar-refractivity contribution in [3.05, 3.63) is 82.9 Å². The van der Waals surface area contributed by atoms with Crippen LogP contribution in [0.4, 0.5) is 39.5 Å². The molecule has 5 unspecified atom stereocenters. The molecule has 2 aliphatic rings. The van der Waals surface area contributed by atoms with E-state index in [2.05, 4.69) is 0 Å². The molecule has 0 fully saturated rings. The summed E-state index contributed by atoms with van der Waals surface area (Å²) < 4.78 is 128. The maximum absolute atomic E-state index is 16.1. The lowest BCUT2D eigenvalue weighted by atomic mass is 10.0. The molecule has 0 N–H and O–H groups in total. The van der Waals surface area contributed by atoms with E-state index >= 15 is 13.2 Å². The fourth-order valence-corrected chi connectivity index (χ4v) is 10.0. The smallest absolute Gasteiger partial charge is 0.245 e. The van der Waals surface area contributed by atoms with Crippen molar-refractivity contribution in [3.8, 4) is 0 Å². The van der Waals surface area contributed by atoms with Gasteiger partial charge in [-0.3, -0.25) is 0 Å². The fraction of sp³-hybridized carbons (Fsp3) is 0.360. The van der Waals surface area contributed by atoms with Gasteiger partial charge in [0.05, 0.1) is 0 Å². The molecule has 2 aliphatic carbocycles.